The van der Waals surface area contributed by atoms with E-state index in [0.717, 1.165) is 33.5 Å². The zero-order valence-corrected chi connectivity index (χ0v) is 16.2. The Morgan fingerprint density at radius 3 is 2.43 bits per heavy atom. The lowest BCUT2D eigenvalue weighted by molar-refractivity contribution is -0.120. The molecular weight excluding hydrogens is 373 g/mol. The van der Waals surface area contributed by atoms with Gasteiger partial charge in [0, 0.05) is 5.69 Å². The number of hydrogen-bond acceptors (Lipinski definition) is 1. The maximum atomic E-state index is 13.5. The number of carbonyl (C=O) groups is 1. The van der Waals surface area contributed by atoms with Gasteiger partial charge in [-0.15, -0.1) is 0 Å². The van der Waals surface area contributed by atoms with Gasteiger partial charge in [0.1, 0.15) is 5.82 Å². The first-order valence-corrected chi connectivity index (χ1v) is 9.41. The van der Waals surface area contributed by atoms with Crippen molar-refractivity contribution in [2.24, 2.45) is 0 Å². The van der Waals surface area contributed by atoms with E-state index in [4.69, 9.17) is 11.6 Å². The molecule has 0 spiro atoms. The van der Waals surface area contributed by atoms with Crippen LogP contribution in [0.25, 0.3) is 17.2 Å². The smallest absolute Gasteiger partial charge is 0.235 e. The third-order valence-corrected chi connectivity index (χ3v) is 5.68. The van der Waals surface area contributed by atoms with Crippen LogP contribution in [0.2, 0.25) is 5.02 Å². The van der Waals surface area contributed by atoms with Crippen LogP contribution in [0.1, 0.15) is 23.6 Å². The van der Waals surface area contributed by atoms with Crippen molar-refractivity contribution in [1.29, 1.82) is 0 Å². The minimum atomic E-state index is -0.690. The van der Waals surface area contributed by atoms with Gasteiger partial charge in [0.15, 0.2) is 0 Å². The first-order chi connectivity index (χ1) is 13.4. The molecule has 0 bridgehead atoms. The molecule has 1 aliphatic rings. The van der Waals surface area contributed by atoms with Gasteiger partial charge in [-0.3, -0.25) is 4.79 Å². The molecular formula is C24H19ClFNO. The minimum absolute atomic E-state index is 0.0235. The fourth-order valence-corrected chi connectivity index (χ4v) is 3.88. The summed E-state index contributed by atoms with van der Waals surface area (Å²) in [6.45, 7) is 5.73. The number of fused-ring (bicyclic) bond motifs is 1. The van der Waals surface area contributed by atoms with Crippen LogP contribution in [-0.4, -0.2) is 5.91 Å². The summed E-state index contributed by atoms with van der Waals surface area (Å²) in [5.41, 5.74) is 4.88. The Labute approximate surface area is 168 Å². The van der Waals surface area contributed by atoms with Crippen molar-refractivity contribution in [2.45, 2.75) is 18.8 Å². The number of anilines is 1. The third-order valence-electron chi connectivity index (χ3n) is 5.39. The summed E-state index contributed by atoms with van der Waals surface area (Å²) in [5.74, 6) is -0.471. The maximum Gasteiger partial charge on any atom is 0.235 e. The zero-order valence-electron chi connectivity index (χ0n) is 15.4. The fraction of sp³-hybridized carbons (Fsp3) is 0.125. The second-order valence-electron chi connectivity index (χ2n) is 7.30. The Kier molecular flexibility index (Phi) is 4.56. The standard InChI is InChI=1S/C24H19ClFNO/c1-3-15-4-6-16(7-5-15)14-24(2)19-12-17(9-11-22(19)27-23(24)28)18-8-10-21(26)20(25)13-18/h3-13H,1,14H2,2H3,(H,27,28). The van der Waals surface area contributed by atoms with E-state index in [0.29, 0.717) is 6.42 Å². The summed E-state index contributed by atoms with van der Waals surface area (Å²) in [4.78, 5) is 12.8. The van der Waals surface area contributed by atoms with Crippen LogP contribution in [0.4, 0.5) is 10.1 Å². The molecule has 0 fully saturated rings. The Balaban J connectivity index is 1.74. The van der Waals surface area contributed by atoms with Gasteiger partial charge in [0.2, 0.25) is 5.91 Å². The third kappa shape index (κ3) is 3.12. The molecule has 4 heteroatoms. The van der Waals surface area contributed by atoms with Crippen molar-refractivity contribution >= 4 is 29.3 Å². The number of rotatable bonds is 4. The molecule has 1 N–H and O–H groups in total. The van der Waals surface area contributed by atoms with Crippen molar-refractivity contribution in [3.05, 3.63) is 94.8 Å². The quantitative estimate of drug-likeness (QED) is 0.560. The normalized spacial score (nSPS) is 17.9. The van der Waals surface area contributed by atoms with Gasteiger partial charge in [0.25, 0.3) is 0 Å². The zero-order chi connectivity index (χ0) is 19.9. The predicted molar refractivity (Wildman–Crippen MR) is 113 cm³/mol. The highest BCUT2D eigenvalue weighted by Crippen LogP contribution is 2.42. The first kappa shape index (κ1) is 18.5. The topological polar surface area (TPSA) is 29.1 Å². The van der Waals surface area contributed by atoms with Crippen LogP contribution in [-0.2, 0) is 16.6 Å². The predicted octanol–water partition coefficient (Wildman–Crippen LogP) is 6.24. The molecule has 1 amide bonds. The van der Waals surface area contributed by atoms with Crippen molar-refractivity contribution in [3.63, 3.8) is 0 Å². The van der Waals surface area contributed by atoms with Gasteiger partial charge in [-0.1, -0.05) is 60.7 Å². The van der Waals surface area contributed by atoms with Crippen LogP contribution in [0.15, 0.2) is 67.2 Å². The number of halogens is 2. The fourth-order valence-electron chi connectivity index (χ4n) is 3.70. The van der Waals surface area contributed by atoms with Crippen LogP contribution in [0, 0.1) is 5.82 Å². The van der Waals surface area contributed by atoms with E-state index in [2.05, 4.69) is 11.9 Å². The number of carbonyl (C=O) groups excluding carboxylic acids is 1. The van der Waals surface area contributed by atoms with Crippen LogP contribution >= 0.6 is 11.6 Å². The molecule has 0 saturated carbocycles. The molecule has 3 aromatic rings. The van der Waals surface area contributed by atoms with Crippen molar-refractivity contribution in [3.8, 4) is 11.1 Å². The van der Waals surface area contributed by atoms with Crippen LogP contribution < -0.4 is 5.32 Å². The minimum Gasteiger partial charge on any atom is -0.325 e. The molecule has 4 rings (SSSR count). The Morgan fingerprint density at radius 2 is 1.75 bits per heavy atom. The van der Waals surface area contributed by atoms with Gasteiger partial charge in [-0.25, -0.2) is 4.39 Å². The van der Waals surface area contributed by atoms with E-state index in [1.54, 1.807) is 18.2 Å². The molecule has 2 nitrogen and oxygen atoms in total. The molecule has 1 atom stereocenters. The van der Waals surface area contributed by atoms with E-state index in [1.807, 2.05) is 49.4 Å². The number of nitrogens with one attached hydrogen (secondary N) is 1. The van der Waals surface area contributed by atoms with Gasteiger partial charge in [-0.05, 0) is 65.4 Å². The van der Waals surface area contributed by atoms with E-state index >= 15 is 0 Å². The van der Waals surface area contributed by atoms with E-state index in [9.17, 15) is 9.18 Å². The summed E-state index contributed by atoms with van der Waals surface area (Å²) in [5, 5.41) is 3.07. The highest BCUT2D eigenvalue weighted by Gasteiger charge is 2.42. The van der Waals surface area contributed by atoms with Gasteiger partial charge < -0.3 is 5.32 Å². The van der Waals surface area contributed by atoms with Gasteiger partial charge in [-0.2, -0.15) is 0 Å². The molecule has 1 unspecified atom stereocenters. The van der Waals surface area contributed by atoms with E-state index < -0.39 is 11.2 Å². The molecule has 140 valence electrons. The number of benzene rings is 3. The molecule has 0 aromatic heterocycles. The van der Waals surface area contributed by atoms with Crippen molar-refractivity contribution in [2.75, 3.05) is 5.32 Å². The second-order valence-corrected chi connectivity index (χ2v) is 7.71. The molecule has 1 aliphatic heterocycles. The van der Waals surface area contributed by atoms with Crippen molar-refractivity contribution in [1.82, 2.24) is 0 Å². The molecule has 0 radical (unpaired) electrons. The average molecular weight is 392 g/mol. The number of amides is 1. The van der Waals surface area contributed by atoms with Gasteiger partial charge in [0.05, 0.1) is 10.4 Å². The lowest BCUT2D eigenvalue weighted by Crippen LogP contribution is -2.33. The highest BCUT2D eigenvalue weighted by molar-refractivity contribution is 6.31. The SMILES string of the molecule is C=Cc1ccc(CC2(C)C(=O)Nc3ccc(-c4ccc(F)c(Cl)c4)cc32)cc1. The summed E-state index contributed by atoms with van der Waals surface area (Å²) >= 11 is 5.94. The van der Waals surface area contributed by atoms with Crippen LogP contribution in [0.3, 0.4) is 0 Å². The second kappa shape index (κ2) is 6.92. The Bertz CT molecular complexity index is 1090. The summed E-state index contributed by atoms with van der Waals surface area (Å²) in [6, 6.07) is 18.5. The highest BCUT2D eigenvalue weighted by atomic mass is 35.5. The molecule has 1 heterocycles. The first-order valence-electron chi connectivity index (χ1n) is 9.03. The lowest BCUT2D eigenvalue weighted by Gasteiger charge is -2.23. The molecule has 0 saturated heterocycles. The van der Waals surface area contributed by atoms with Crippen LogP contribution in [0.5, 0.6) is 0 Å². The average Bonchev–Trinajstić information content (AvgIpc) is 2.94. The van der Waals surface area contributed by atoms with E-state index in [-0.39, 0.29) is 10.9 Å². The largest absolute Gasteiger partial charge is 0.325 e. The Morgan fingerprint density at radius 1 is 1.07 bits per heavy atom. The summed E-state index contributed by atoms with van der Waals surface area (Å²) in [6.07, 6.45) is 2.38. The van der Waals surface area contributed by atoms with Gasteiger partial charge >= 0.3 is 0 Å². The van der Waals surface area contributed by atoms with E-state index in [1.165, 1.54) is 6.07 Å². The lowest BCUT2D eigenvalue weighted by atomic mass is 9.77. The maximum absolute atomic E-state index is 13.5. The summed E-state index contributed by atoms with van der Waals surface area (Å²) < 4.78 is 13.5. The molecule has 0 aliphatic carbocycles. The molecule has 28 heavy (non-hydrogen) atoms. The molecule has 3 aromatic carbocycles. The summed E-state index contributed by atoms with van der Waals surface area (Å²) in [7, 11) is 0. The van der Waals surface area contributed by atoms with Crippen molar-refractivity contribution < 1.29 is 9.18 Å². The monoisotopic (exact) mass is 391 g/mol. The Hall–Kier alpha value is -2.91. The number of hydrogen-bond donors (Lipinski definition) is 1.